The van der Waals surface area contributed by atoms with Gasteiger partial charge >= 0.3 is 12.0 Å². The van der Waals surface area contributed by atoms with E-state index in [-0.39, 0.29) is 6.04 Å². The van der Waals surface area contributed by atoms with Crippen LogP contribution in [0.25, 0.3) is 0 Å². The summed E-state index contributed by atoms with van der Waals surface area (Å²) in [6.07, 6.45) is -0.440. The van der Waals surface area contributed by atoms with Crippen molar-refractivity contribution >= 4 is 17.9 Å². The van der Waals surface area contributed by atoms with Gasteiger partial charge in [0.1, 0.15) is 6.04 Å². The molecule has 0 saturated carbocycles. The zero-order valence-electron chi connectivity index (χ0n) is 10.8. The fraction of sp³-hybridized carbons (Fsp3) is 0.700. The zero-order valence-corrected chi connectivity index (χ0v) is 10.8. The molecule has 0 heterocycles. The third-order valence-corrected chi connectivity index (χ3v) is 2.03. The summed E-state index contributed by atoms with van der Waals surface area (Å²) in [5.74, 6) is -2.09. The van der Waals surface area contributed by atoms with Crippen molar-refractivity contribution in [2.24, 2.45) is 5.73 Å². The van der Waals surface area contributed by atoms with E-state index < -0.39 is 30.4 Å². The normalized spacial score (nSPS) is 13.8. The quantitative estimate of drug-likeness (QED) is 0.446. The number of carboxylic acid groups (broad SMARTS) is 1. The van der Waals surface area contributed by atoms with Crippen LogP contribution in [-0.4, -0.2) is 60.6 Å². The molecule has 0 aliphatic carbocycles. The molecule has 0 spiro atoms. The Bertz CT molecular complexity index is 319. The second kappa shape index (κ2) is 7.49. The van der Waals surface area contributed by atoms with E-state index in [1.54, 1.807) is 6.92 Å². The van der Waals surface area contributed by atoms with E-state index in [0.29, 0.717) is 6.54 Å². The maximum atomic E-state index is 11.5. The van der Waals surface area contributed by atoms with E-state index in [2.05, 4.69) is 10.6 Å². The Morgan fingerprint density at radius 2 is 1.83 bits per heavy atom. The summed E-state index contributed by atoms with van der Waals surface area (Å²) >= 11 is 0. The van der Waals surface area contributed by atoms with Crippen molar-refractivity contribution < 1.29 is 19.5 Å². The first-order chi connectivity index (χ1) is 8.22. The van der Waals surface area contributed by atoms with Crippen molar-refractivity contribution in [2.45, 2.75) is 25.4 Å². The average molecular weight is 260 g/mol. The van der Waals surface area contributed by atoms with Gasteiger partial charge < -0.3 is 26.4 Å². The molecule has 104 valence electrons. The topological polar surface area (TPSA) is 125 Å². The highest BCUT2D eigenvalue weighted by Crippen LogP contribution is 1.92. The Morgan fingerprint density at radius 1 is 1.28 bits per heavy atom. The Labute approximate surface area is 106 Å². The molecule has 0 aromatic carbocycles. The summed E-state index contributed by atoms with van der Waals surface area (Å²) in [7, 11) is 3.70. The maximum Gasteiger partial charge on any atom is 0.326 e. The van der Waals surface area contributed by atoms with Crippen molar-refractivity contribution in [3.8, 4) is 0 Å². The summed E-state index contributed by atoms with van der Waals surface area (Å²) in [6, 6.07) is -2.10. The Kier molecular flexibility index (Phi) is 6.73. The van der Waals surface area contributed by atoms with Crippen LogP contribution in [0.3, 0.4) is 0 Å². The van der Waals surface area contributed by atoms with Gasteiger partial charge in [-0.1, -0.05) is 0 Å². The molecule has 2 unspecified atom stereocenters. The van der Waals surface area contributed by atoms with Gasteiger partial charge in [0.25, 0.3) is 0 Å². The van der Waals surface area contributed by atoms with E-state index in [0.717, 1.165) is 0 Å². The molecular formula is C10H20N4O4. The van der Waals surface area contributed by atoms with Gasteiger partial charge in [-0.15, -0.1) is 0 Å². The highest BCUT2D eigenvalue weighted by Gasteiger charge is 2.22. The fourth-order valence-electron chi connectivity index (χ4n) is 1.42. The number of nitrogens with one attached hydrogen (secondary N) is 2. The molecule has 2 atom stereocenters. The van der Waals surface area contributed by atoms with Crippen molar-refractivity contribution in [3.63, 3.8) is 0 Å². The predicted molar refractivity (Wildman–Crippen MR) is 64.9 cm³/mol. The molecule has 5 N–H and O–H groups in total. The number of carbonyl (C=O) groups excluding carboxylic acids is 2. The minimum Gasteiger partial charge on any atom is -0.480 e. The number of nitrogens with zero attached hydrogens (tertiary/aromatic N) is 1. The lowest BCUT2D eigenvalue weighted by Crippen LogP contribution is -2.51. The largest absolute Gasteiger partial charge is 0.480 e. The van der Waals surface area contributed by atoms with Crippen LogP contribution in [0, 0.1) is 0 Å². The van der Waals surface area contributed by atoms with E-state index in [1.165, 1.54) is 0 Å². The van der Waals surface area contributed by atoms with Gasteiger partial charge in [-0.05, 0) is 21.0 Å². The first-order valence-corrected chi connectivity index (χ1v) is 5.45. The second-order valence-corrected chi connectivity index (χ2v) is 4.34. The number of carbonyl (C=O) groups is 3. The standard InChI is InChI=1S/C10H20N4O4/c1-6(5-14(2)3)12-10(18)13-7(9(16)17)4-8(11)15/h6-7H,4-5H2,1-3H3,(H2,11,15)(H,16,17)(H2,12,13,18). The van der Waals surface area contributed by atoms with Crippen LogP contribution in [-0.2, 0) is 9.59 Å². The van der Waals surface area contributed by atoms with Crippen molar-refractivity contribution in [1.82, 2.24) is 15.5 Å². The second-order valence-electron chi connectivity index (χ2n) is 4.34. The SMILES string of the molecule is CC(CN(C)C)NC(=O)NC(CC(N)=O)C(=O)O. The zero-order chi connectivity index (χ0) is 14.3. The number of nitrogens with two attached hydrogens (primary N) is 1. The molecule has 0 rings (SSSR count). The molecule has 0 aliphatic heterocycles. The number of urea groups is 1. The summed E-state index contributed by atoms with van der Waals surface area (Å²) in [4.78, 5) is 34.8. The molecular weight excluding hydrogens is 240 g/mol. The Morgan fingerprint density at radius 3 is 2.22 bits per heavy atom. The fourth-order valence-corrected chi connectivity index (χ4v) is 1.42. The Balaban J connectivity index is 4.25. The van der Waals surface area contributed by atoms with Crippen LogP contribution in [0.1, 0.15) is 13.3 Å². The summed E-state index contributed by atoms with van der Waals surface area (Å²) in [5.41, 5.74) is 4.89. The van der Waals surface area contributed by atoms with Crippen molar-refractivity contribution in [3.05, 3.63) is 0 Å². The van der Waals surface area contributed by atoms with Crippen molar-refractivity contribution in [1.29, 1.82) is 0 Å². The monoisotopic (exact) mass is 260 g/mol. The number of aliphatic carboxylic acids is 1. The third kappa shape index (κ3) is 7.44. The van der Waals surface area contributed by atoms with Gasteiger partial charge in [-0.3, -0.25) is 4.79 Å². The van der Waals surface area contributed by atoms with E-state index in [9.17, 15) is 14.4 Å². The van der Waals surface area contributed by atoms with Gasteiger partial charge in [-0.2, -0.15) is 0 Å². The molecule has 8 heteroatoms. The lowest BCUT2D eigenvalue weighted by Gasteiger charge is -2.20. The van der Waals surface area contributed by atoms with Gasteiger partial charge in [0.15, 0.2) is 0 Å². The van der Waals surface area contributed by atoms with Crippen LogP contribution < -0.4 is 16.4 Å². The maximum absolute atomic E-state index is 11.5. The molecule has 8 nitrogen and oxygen atoms in total. The summed E-state index contributed by atoms with van der Waals surface area (Å²) in [6.45, 7) is 2.39. The molecule has 0 aromatic rings. The molecule has 0 bridgehead atoms. The number of hydrogen-bond acceptors (Lipinski definition) is 4. The number of amides is 3. The number of rotatable bonds is 7. The number of likely N-dealkylation sites (N-methyl/N-ethyl adjacent to an activating group) is 1. The molecule has 0 radical (unpaired) electrons. The number of carboxylic acids is 1. The van der Waals surface area contributed by atoms with Crippen LogP contribution in [0.5, 0.6) is 0 Å². The van der Waals surface area contributed by atoms with Gasteiger partial charge in [0.05, 0.1) is 6.42 Å². The average Bonchev–Trinajstić information content (AvgIpc) is 2.13. The van der Waals surface area contributed by atoms with Crippen LogP contribution in [0.2, 0.25) is 0 Å². The molecule has 0 fully saturated rings. The minimum atomic E-state index is -1.31. The smallest absolute Gasteiger partial charge is 0.326 e. The highest BCUT2D eigenvalue weighted by molar-refractivity contribution is 5.87. The first kappa shape index (κ1) is 16.2. The predicted octanol–water partition coefficient (Wildman–Crippen LogP) is -1.44. The van der Waals surface area contributed by atoms with E-state index >= 15 is 0 Å². The lowest BCUT2D eigenvalue weighted by atomic mass is 10.2. The summed E-state index contributed by atoms with van der Waals surface area (Å²) in [5, 5.41) is 13.5. The highest BCUT2D eigenvalue weighted by atomic mass is 16.4. The lowest BCUT2D eigenvalue weighted by molar-refractivity contribution is -0.140. The molecule has 0 aliphatic rings. The van der Waals surface area contributed by atoms with Crippen LogP contribution in [0.4, 0.5) is 4.79 Å². The Hall–Kier alpha value is -1.83. The van der Waals surface area contributed by atoms with Crippen LogP contribution >= 0.6 is 0 Å². The molecule has 3 amide bonds. The van der Waals surface area contributed by atoms with E-state index in [4.69, 9.17) is 10.8 Å². The number of hydrogen-bond donors (Lipinski definition) is 4. The van der Waals surface area contributed by atoms with Gasteiger partial charge in [-0.25, -0.2) is 9.59 Å². The summed E-state index contributed by atoms with van der Waals surface area (Å²) < 4.78 is 0. The molecule has 0 aromatic heterocycles. The number of primary amides is 1. The first-order valence-electron chi connectivity index (χ1n) is 5.45. The third-order valence-electron chi connectivity index (χ3n) is 2.03. The van der Waals surface area contributed by atoms with Crippen molar-refractivity contribution in [2.75, 3.05) is 20.6 Å². The van der Waals surface area contributed by atoms with Gasteiger partial charge in [0.2, 0.25) is 5.91 Å². The molecule has 18 heavy (non-hydrogen) atoms. The van der Waals surface area contributed by atoms with E-state index in [1.807, 2.05) is 19.0 Å². The van der Waals surface area contributed by atoms with Gasteiger partial charge in [0, 0.05) is 12.6 Å². The molecule has 0 saturated heterocycles. The minimum absolute atomic E-state index is 0.150. The van der Waals surface area contributed by atoms with Crippen LogP contribution in [0.15, 0.2) is 0 Å².